The smallest absolute Gasteiger partial charge is 0.337 e. The van der Waals surface area contributed by atoms with Gasteiger partial charge in [0.05, 0.1) is 26.9 Å². The molecule has 0 bridgehead atoms. The number of carbonyl (C=O) groups is 1. The van der Waals surface area contributed by atoms with Gasteiger partial charge in [-0.15, -0.1) is 0 Å². The summed E-state index contributed by atoms with van der Waals surface area (Å²) in [6.07, 6.45) is 3.93. The molecule has 0 amide bonds. The number of methoxy groups -OCH3 is 3. The van der Waals surface area contributed by atoms with Gasteiger partial charge in [0, 0.05) is 0 Å². The maximum absolute atomic E-state index is 11.4. The molecule has 0 atom stereocenters. The number of hydrogen-bond acceptors (Lipinski definition) is 4. The Labute approximate surface area is 129 Å². The molecule has 0 aliphatic heterocycles. The largest absolute Gasteiger partial charge is 0.493 e. The Morgan fingerprint density at radius 3 is 2.00 bits per heavy atom. The van der Waals surface area contributed by atoms with Crippen LogP contribution >= 0.6 is 0 Å². The van der Waals surface area contributed by atoms with Crippen LogP contribution in [0, 0.1) is 0 Å². The first-order valence-electron chi connectivity index (χ1n) is 6.76. The van der Waals surface area contributed by atoms with Crippen molar-refractivity contribution in [3.05, 3.63) is 59.2 Å². The lowest BCUT2D eigenvalue weighted by molar-refractivity contribution is 0.0600. The molecule has 4 nitrogen and oxygen atoms in total. The van der Waals surface area contributed by atoms with E-state index in [9.17, 15) is 4.79 Å². The molecular formula is C18H18O4. The minimum Gasteiger partial charge on any atom is -0.493 e. The quantitative estimate of drug-likeness (QED) is 0.624. The van der Waals surface area contributed by atoms with E-state index in [1.165, 1.54) is 7.11 Å². The van der Waals surface area contributed by atoms with Crippen molar-refractivity contribution in [2.24, 2.45) is 0 Å². The number of rotatable bonds is 5. The molecule has 0 spiro atoms. The molecule has 2 aromatic carbocycles. The highest BCUT2D eigenvalue weighted by molar-refractivity contribution is 5.89. The fourth-order valence-electron chi connectivity index (χ4n) is 2.00. The topological polar surface area (TPSA) is 44.8 Å². The summed E-state index contributed by atoms with van der Waals surface area (Å²) >= 11 is 0. The lowest BCUT2D eigenvalue weighted by Crippen LogP contribution is -2.00. The Bertz CT molecular complexity index is 672. The summed E-state index contributed by atoms with van der Waals surface area (Å²) in [6.45, 7) is 0. The third kappa shape index (κ3) is 3.67. The van der Waals surface area contributed by atoms with Gasteiger partial charge in [0.25, 0.3) is 0 Å². The molecule has 0 aliphatic carbocycles. The van der Waals surface area contributed by atoms with Crippen LogP contribution in [0.4, 0.5) is 0 Å². The standard InChI is InChI=1S/C18H18O4/c1-20-16-11-8-14(12-17(16)21-2)5-4-13-6-9-15(10-7-13)18(19)22-3/h4-12H,1-3H3. The predicted octanol–water partition coefficient (Wildman–Crippen LogP) is 3.66. The van der Waals surface area contributed by atoms with Crippen molar-refractivity contribution in [1.82, 2.24) is 0 Å². The normalized spacial score (nSPS) is 10.5. The van der Waals surface area contributed by atoms with Crippen LogP contribution in [-0.2, 0) is 4.74 Å². The van der Waals surface area contributed by atoms with Gasteiger partial charge in [-0.1, -0.05) is 30.4 Å². The van der Waals surface area contributed by atoms with Gasteiger partial charge >= 0.3 is 5.97 Å². The zero-order valence-corrected chi connectivity index (χ0v) is 12.8. The van der Waals surface area contributed by atoms with Gasteiger partial charge in [-0.25, -0.2) is 4.79 Å². The lowest BCUT2D eigenvalue weighted by Gasteiger charge is -2.07. The molecule has 114 valence electrons. The van der Waals surface area contributed by atoms with Crippen molar-refractivity contribution in [3.63, 3.8) is 0 Å². The average Bonchev–Trinajstić information content (AvgIpc) is 2.59. The second-order valence-corrected chi connectivity index (χ2v) is 4.56. The van der Waals surface area contributed by atoms with Gasteiger partial charge in [0.1, 0.15) is 0 Å². The lowest BCUT2D eigenvalue weighted by atomic mass is 10.1. The molecule has 0 saturated carbocycles. The fraction of sp³-hybridized carbons (Fsp3) is 0.167. The molecule has 0 unspecified atom stereocenters. The van der Waals surface area contributed by atoms with Crippen LogP contribution in [0.1, 0.15) is 21.5 Å². The molecule has 0 saturated heterocycles. The third-order valence-corrected chi connectivity index (χ3v) is 3.21. The van der Waals surface area contributed by atoms with Crippen molar-refractivity contribution in [3.8, 4) is 11.5 Å². The number of esters is 1. The molecule has 0 radical (unpaired) electrons. The van der Waals surface area contributed by atoms with Crippen LogP contribution < -0.4 is 9.47 Å². The van der Waals surface area contributed by atoms with Gasteiger partial charge in [0.2, 0.25) is 0 Å². The van der Waals surface area contributed by atoms with Crippen LogP contribution in [0.15, 0.2) is 42.5 Å². The first-order valence-corrected chi connectivity index (χ1v) is 6.76. The van der Waals surface area contributed by atoms with Gasteiger partial charge < -0.3 is 14.2 Å². The molecule has 0 aliphatic rings. The highest BCUT2D eigenvalue weighted by atomic mass is 16.5. The summed E-state index contributed by atoms with van der Waals surface area (Å²) in [7, 11) is 4.58. The first kappa shape index (κ1) is 15.6. The number of carbonyl (C=O) groups excluding carboxylic acids is 1. The molecule has 0 aromatic heterocycles. The van der Waals surface area contributed by atoms with E-state index in [0.717, 1.165) is 11.1 Å². The van der Waals surface area contributed by atoms with Crippen LogP contribution in [0.3, 0.4) is 0 Å². The SMILES string of the molecule is COC(=O)c1ccc(C=Cc2ccc(OC)c(OC)c2)cc1. The Hall–Kier alpha value is -2.75. The molecule has 22 heavy (non-hydrogen) atoms. The Morgan fingerprint density at radius 2 is 1.41 bits per heavy atom. The van der Waals surface area contributed by atoms with Crippen LogP contribution in [-0.4, -0.2) is 27.3 Å². The van der Waals surface area contributed by atoms with Gasteiger partial charge in [-0.3, -0.25) is 0 Å². The second kappa shape index (κ2) is 7.31. The van der Waals surface area contributed by atoms with E-state index in [-0.39, 0.29) is 5.97 Å². The number of hydrogen-bond donors (Lipinski definition) is 0. The minimum absolute atomic E-state index is 0.338. The van der Waals surface area contributed by atoms with Crippen LogP contribution in [0.2, 0.25) is 0 Å². The summed E-state index contributed by atoms with van der Waals surface area (Å²) < 4.78 is 15.2. The van der Waals surface area contributed by atoms with Gasteiger partial charge in [-0.2, -0.15) is 0 Å². The van der Waals surface area contributed by atoms with E-state index in [4.69, 9.17) is 9.47 Å². The molecule has 4 heteroatoms. The first-order chi connectivity index (χ1) is 10.7. The molecule has 0 N–H and O–H groups in total. The van der Waals surface area contributed by atoms with E-state index < -0.39 is 0 Å². The summed E-state index contributed by atoms with van der Waals surface area (Å²) in [6, 6.07) is 12.9. The molecule has 2 rings (SSSR count). The Balaban J connectivity index is 2.16. The van der Waals surface area contributed by atoms with Crippen molar-refractivity contribution in [1.29, 1.82) is 0 Å². The monoisotopic (exact) mass is 298 g/mol. The summed E-state index contributed by atoms with van der Waals surface area (Å²) in [5, 5.41) is 0. The maximum atomic E-state index is 11.4. The Kier molecular flexibility index (Phi) is 5.20. The van der Waals surface area contributed by atoms with Crippen molar-refractivity contribution in [2.45, 2.75) is 0 Å². The summed E-state index contributed by atoms with van der Waals surface area (Å²) in [5.41, 5.74) is 2.52. The number of ether oxygens (including phenoxy) is 3. The maximum Gasteiger partial charge on any atom is 0.337 e. The van der Waals surface area contributed by atoms with E-state index in [2.05, 4.69) is 4.74 Å². The molecule has 2 aromatic rings. The zero-order valence-electron chi connectivity index (χ0n) is 12.8. The van der Waals surface area contributed by atoms with E-state index >= 15 is 0 Å². The van der Waals surface area contributed by atoms with Gasteiger partial charge in [0.15, 0.2) is 11.5 Å². The zero-order chi connectivity index (χ0) is 15.9. The average molecular weight is 298 g/mol. The molecule has 0 heterocycles. The summed E-state index contributed by atoms with van der Waals surface area (Å²) in [5.74, 6) is 1.04. The third-order valence-electron chi connectivity index (χ3n) is 3.21. The highest BCUT2D eigenvalue weighted by Crippen LogP contribution is 2.28. The molecular weight excluding hydrogens is 280 g/mol. The molecule has 0 fully saturated rings. The van der Waals surface area contributed by atoms with Gasteiger partial charge in [-0.05, 0) is 35.4 Å². The minimum atomic E-state index is -0.338. The Morgan fingerprint density at radius 1 is 0.818 bits per heavy atom. The summed E-state index contributed by atoms with van der Waals surface area (Å²) in [4.78, 5) is 11.4. The highest BCUT2D eigenvalue weighted by Gasteiger charge is 2.04. The second-order valence-electron chi connectivity index (χ2n) is 4.56. The van der Waals surface area contributed by atoms with E-state index in [1.54, 1.807) is 26.4 Å². The number of benzene rings is 2. The van der Waals surface area contributed by atoms with E-state index in [0.29, 0.717) is 17.1 Å². The van der Waals surface area contributed by atoms with Crippen molar-refractivity contribution < 1.29 is 19.0 Å². The van der Waals surface area contributed by atoms with Crippen molar-refractivity contribution in [2.75, 3.05) is 21.3 Å². The van der Waals surface area contributed by atoms with E-state index in [1.807, 2.05) is 42.5 Å². The van der Waals surface area contributed by atoms with Crippen molar-refractivity contribution >= 4 is 18.1 Å². The predicted molar refractivity (Wildman–Crippen MR) is 86.3 cm³/mol. The van der Waals surface area contributed by atoms with Crippen LogP contribution in [0.5, 0.6) is 11.5 Å². The van der Waals surface area contributed by atoms with Crippen LogP contribution in [0.25, 0.3) is 12.2 Å². The fourth-order valence-corrected chi connectivity index (χ4v) is 2.00.